The summed E-state index contributed by atoms with van der Waals surface area (Å²) >= 11 is 0. The molecule has 0 aromatic rings. The van der Waals surface area contributed by atoms with E-state index in [1.807, 2.05) is 0 Å². The van der Waals surface area contributed by atoms with Gasteiger partial charge < -0.3 is 5.32 Å². The van der Waals surface area contributed by atoms with E-state index < -0.39 is 0 Å². The first-order valence-corrected chi connectivity index (χ1v) is 6.56. The van der Waals surface area contributed by atoms with Crippen molar-refractivity contribution in [2.75, 3.05) is 13.6 Å². The van der Waals surface area contributed by atoms with E-state index in [2.05, 4.69) is 12.4 Å². The molecule has 0 radical (unpaired) electrons. The van der Waals surface area contributed by atoms with Gasteiger partial charge in [-0.1, -0.05) is 38.5 Å². The van der Waals surface area contributed by atoms with Gasteiger partial charge in [-0.15, -0.1) is 0 Å². The fourth-order valence-electron chi connectivity index (χ4n) is 3.76. The third-order valence-electron chi connectivity index (χ3n) is 4.44. The Morgan fingerprint density at radius 1 is 0.929 bits per heavy atom. The van der Waals surface area contributed by atoms with Crippen LogP contribution in [0.25, 0.3) is 0 Å². The standard InChI is InChI=1S/C13H25N/c1-14-10-12-8-5-9-13(12)11-6-3-2-4-7-11/h11-14H,2-10H2,1H3. The molecular weight excluding hydrogens is 170 g/mol. The molecule has 2 rings (SSSR count). The molecule has 2 aliphatic rings. The van der Waals surface area contributed by atoms with Gasteiger partial charge in [0.1, 0.15) is 0 Å². The summed E-state index contributed by atoms with van der Waals surface area (Å²) in [4.78, 5) is 0. The average Bonchev–Trinajstić information content (AvgIpc) is 2.68. The second kappa shape index (κ2) is 5.16. The third kappa shape index (κ3) is 2.31. The fraction of sp³-hybridized carbons (Fsp3) is 1.00. The molecule has 0 saturated heterocycles. The molecule has 0 aromatic carbocycles. The second-order valence-electron chi connectivity index (χ2n) is 5.31. The lowest BCUT2D eigenvalue weighted by Gasteiger charge is -2.31. The smallest absolute Gasteiger partial charge is 0.00208 e. The molecule has 82 valence electrons. The number of rotatable bonds is 3. The largest absolute Gasteiger partial charge is 0.319 e. The van der Waals surface area contributed by atoms with Crippen LogP contribution < -0.4 is 5.32 Å². The minimum Gasteiger partial charge on any atom is -0.319 e. The van der Waals surface area contributed by atoms with Gasteiger partial charge in [-0.05, 0) is 44.2 Å². The molecule has 2 fully saturated rings. The van der Waals surface area contributed by atoms with Crippen LogP contribution in [0.2, 0.25) is 0 Å². The van der Waals surface area contributed by atoms with Crippen LogP contribution >= 0.6 is 0 Å². The lowest BCUT2D eigenvalue weighted by molar-refractivity contribution is 0.201. The molecule has 2 atom stereocenters. The summed E-state index contributed by atoms with van der Waals surface area (Å²) in [6, 6.07) is 0. The summed E-state index contributed by atoms with van der Waals surface area (Å²) in [5.74, 6) is 3.16. The lowest BCUT2D eigenvalue weighted by atomic mass is 9.75. The maximum atomic E-state index is 3.38. The van der Waals surface area contributed by atoms with Crippen LogP contribution in [0.3, 0.4) is 0 Å². The van der Waals surface area contributed by atoms with Gasteiger partial charge in [0.05, 0.1) is 0 Å². The summed E-state index contributed by atoms with van der Waals surface area (Å²) in [5, 5.41) is 3.38. The number of hydrogen-bond donors (Lipinski definition) is 1. The highest BCUT2D eigenvalue weighted by molar-refractivity contribution is 4.85. The van der Waals surface area contributed by atoms with Crippen LogP contribution in [0.1, 0.15) is 51.4 Å². The predicted molar refractivity (Wildman–Crippen MR) is 61.3 cm³/mol. The fourth-order valence-corrected chi connectivity index (χ4v) is 3.76. The van der Waals surface area contributed by atoms with Crippen LogP contribution in [0.15, 0.2) is 0 Å². The van der Waals surface area contributed by atoms with Gasteiger partial charge in [-0.2, -0.15) is 0 Å². The van der Waals surface area contributed by atoms with Crippen LogP contribution in [-0.4, -0.2) is 13.6 Å². The van der Waals surface area contributed by atoms with E-state index in [0.717, 1.165) is 17.8 Å². The second-order valence-corrected chi connectivity index (χ2v) is 5.31. The molecule has 1 nitrogen and oxygen atoms in total. The first-order valence-electron chi connectivity index (χ1n) is 6.56. The zero-order chi connectivity index (χ0) is 9.80. The van der Waals surface area contributed by atoms with Crippen molar-refractivity contribution in [3.8, 4) is 0 Å². The maximum Gasteiger partial charge on any atom is -0.00208 e. The van der Waals surface area contributed by atoms with Gasteiger partial charge in [0.15, 0.2) is 0 Å². The zero-order valence-corrected chi connectivity index (χ0v) is 9.60. The molecule has 0 aliphatic heterocycles. The first kappa shape index (κ1) is 10.5. The Bertz CT molecular complexity index is 161. The Morgan fingerprint density at radius 3 is 2.43 bits per heavy atom. The molecule has 1 heteroatoms. The normalized spacial score (nSPS) is 34.9. The molecule has 0 heterocycles. The van der Waals surface area contributed by atoms with E-state index in [4.69, 9.17) is 0 Å². The summed E-state index contributed by atoms with van der Waals surface area (Å²) in [6.45, 7) is 1.27. The van der Waals surface area contributed by atoms with Crippen LogP contribution in [0.4, 0.5) is 0 Å². The van der Waals surface area contributed by atoms with Gasteiger partial charge in [0.2, 0.25) is 0 Å². The Kier molecular flexibility index (Phi) is 3.86. The quantitative estimate of drug-likeness (QED) is 0.729. The minimum absolute atomic E-state index is 1.00. The van der Waals surface area contributed by atoms with E-state index in [-0.39, 0.29) is 0 Å². The lowest BCUT2D eigenvalue weighted by Crippen LogP contribution is -2.28. The molecule has 1 N–H and O–H groups in total. The molecular formula is C13H25N. The van der Waals surface area contributed by atoms with E-state index in [1.165, 1.54) is 57.9 Å². The zero-order valence-electron chi connectivity index (χ0n) is 9.60. The minimum atomic E-state index is 1.00. The van der Waals surface area contributed by atoms with Crippen molar-refractivity contribution in [2.45, 2.75) is 51.4 Å². The average molecular weight is 195 g/mol. The van der Waals surface area contributed by atoms with Gasteiger partial charge in [-0.3, -0.25) is 0 Å². The Balaban J connectivity index is 1.87. The van der Waals surface area contributed by atoms with Crippen molar-refractivity contribution in [1.82, 2.24) is 5.32 Å². The third-order valence-corrected chi connectivity index (χ3v) is 4.44. The Hall–Kier alpha value is -0.0400. The van der Waals surface area contributed by atoms with Crippen molar-refractivity contribution in [3.63, 3.8) is 0 Å². The van der Waals surface area contributed by atoms with Crippen LogP contribution in [0.5, 0.6) is 0 Å². The SMILES string of the molecule is CNCC1CCCC1C1CCCCC1. The van der Waals surface area contributed by atoms with Gasteiger partial charge in [0, 0.05) is 0 Å². The van der Waals surface area contributed by atoms with Crippen LogP contribution in [0, 0.1) is 17.8 Å². The summed E-state index contributed by atoms with van der Waals surface area (Å²) in [5.41, 5.74) is 0. The van der Waals surface area contributed by atoms with Crippen molar-refractivity contribution < 1.29 is 0 Å². The maximum absolute atomic E-state index is 3.38. The molecule has 0 spiro atoms. The molecule has 2 unspecified atom stereocenters. The van der Waals surface area contributed by atoms with Gasteiger partial charge in [0.25, 0.3) is 0 Å². The summed E-state index contributed by atoms with van der Waals surface area (Å²) < 4.78 is 0. The molecule has 0 amide bonds. The Morgan fingerprint density at radius 2 is 1.71 bits per heavy atom. The van der Waals surface area contributed by atoms with Crippen LogP contribution in [-0.2, 0) is 0 Å². The number of nitrogens with one attached hydrogen (secondary N) is 1. The molecule has 0 bridgehead atoms. The van der Waals surface area contributed by atoms with Crippen molar-refractivity contribution in [2.24, 2.45) is 17.8 Å². The highest BCUT2D eigenvalue weighted by Gasteiger charge is 2.33. The van der Waals surface area contributed by atoms with Gasteiger partial charge in [-0.25, -0.2) is 0 Å². The predicted octanol–water partition coefficient (Wildman–Crippen LogP) is 3.20. The number of hydrogen-bond acceptors (Lipinski definition) is 1. The van der Waals surface area contributed by atoms with Crippen molar-refractivity contribution in [1.29, 1.82) is 0 Å². The molecule has 2 aliphatic carbocycles. The van der Waals surface area contributed by atoms with E-state index >= 15 is 0 Å². The molecule has 14 heavy (non-hydrogen) atoms. The molecule has 2 saturated carbocycles. The molecule has 0 aromatic heterocycles. The van der Waals surface area contributed by atoms with E-state index in [0.29, 0.717) is 0 Å². The first-order chi connectivity index (χ1) is 6.92. The Labute approximate surface area is 88.7 Å². The highest BCUT2D eigenvalue weighted by atomic mass is 14.8. The van der Waals surface area contributed by atoms with E-state index in [1.54, 1.807) is 0 Å². The summed E-state index contributed by atoms with van der Waals surface area (Å²) in [6.07, 6.45) is 12.1. The summed E-state index contributed by atoms with van der Waals surface area (Å²) in [7, 11) is 2.11. The van der Waals surface area contributed by atoms with Gasteiger partial charge >= 0.3 is 0 Å². The monoisotopic (exact) mass is 195 g/mol. The van der Waals surface area contributed by atoms with Crippen molar-refractivity contribution >= 4 is 0 Å². The van der Waals surface area contributed by atoms with E-state index in [9.17, 15) is 0 Å². The van der Waals surface area contributed by atoms with Crippen molar-refractivity contribution in [3.05, 3.63) is 0 Å². The topological polar surface area (TPSA) is 12.0 Å². The highest BCUT2D eigenvalue weighted by Crippen LogP contribution is 2.42.